The maximum absolute atomic E-state index is 12.3. The topological polar surface area (TPSA) is 129 Å². The molecule has 0 saturated heterocycles. The Labute approximate surface area is 133 Å². The van der Waals surface area contributed by atoms with Crippen LogP contribution in [0, 0.1) is 0 Å². The van der Waals surface area contributed by atoms with Crippen molar-refractivity contribution in [1.82, 2.24) is 19.7 Å². The summed E-state index contributed by atoms with van der Waals surface area (Å²) in [6.07, 6.45) is 1.02. The van der Waals surface area contributed by atoms with Crippen molar-refractivity contribution in [1.29, 1.82) is 0 Å². The number of rotatable bonds is 2. The van der Waals surface area contributed by atoms with Crippen LogP contribution < -0.4 is 19.8 Å². The van der Waals surface area contributed by atoms with Crippen molar-refractivity contribution < 1.29 is 24.1 Å². The highest BCUT2D eigenvalue weighted by Gasteiger charge is 2.16. The van der Waals surface area contributed by atoms with Crippen molar-refractivity contribution in [3.8, 4) is 23.2 Å². The van der Waals surface area contributed by atoms with Gasteiger partial charge in [0.2, 0.25) is 5.95 Å². The number of carbonyl (C=O) groups is 1. The molecule has 0 aliphatic carbocycles. The summed E-state index contributed by atoms with van der Waals surface area (Å²) in [7, 11) is 0. The molecule has 122 valence electrons. The fourth-order valence-corrected chi connectivity index (χ4v) is 2.35. The zero-order chi connectivity index (χ0) is 16.7. The van der Waals surface area contributed by atoms with Gasteiger partial charge in [-0.3, -0.25) is 9.78 Å². The van der Waals surface area contributed by atoms with Crippen LogP contribution >= 0.6 is 0 Å². The summed E-state index contributed by atoms with van der Waals surface area (Å²) in [6, 6.07) is 3.18. The summed E-state index contributed by atoms with van der Waals surface area (Å²) < 4.78 is 16.6. The van der Waals surface area contributed by atoms with Gasteiger partial charge in [0.15, 0.2) is 17.2 Å². The summed E-state index contributed by atoms with van der Waals surface area (Å²) in [5, 5.41) is 12.8. The summed E-state index contributed by atoms with van der Waals surface area (Å²) in [4.78, 5) is 29.7. The van der Waals surface area contributed by atoms with Gasteiger partial charge < -0.3 is 19.3 Å². The molecule has 1 aliphatic heterocycles. The van der Waals surface area contributed by atoms with E-state index in [1.165, 1.54) is 17.1 Å². The second-order valence-electron chi connectivity index (χ2n) is 4.89. The number of nitrogens with one attached hydrogen (secondary N) is 1. The Balaban J connectivity index is 1.81. The van der Waals surface area contributed by atoms with E-state index in [2.05, 4.69) is 19.8 Å². The predicted molar refractivity (Wildman–Crippen MR) is 79.1 cm³/mol. The van der Waals surface area contributed by atoms with E-state index in [-0.39, 0.29) is 17.3 Å². The number of ether oxygens (including phenoxy) is 3. The largest absolute Gasteiger partial charge is 0.511 e. The van der Waals surface area contributed by atoms with Gasteiger partial charge in [-0.1, -0.05) is 0 Å². The Hall–Kier alpha value is -3.56. The van der Waals surface area contributed by atoms with Crippen LogP contribution in [0.5, 0.6) is 17.2 Å². The number of H-pyrrole nitrogens is 1. The van der Waals surface area contributed by atoms with Gasteiger partial charge in [0.1, 0.15) is 13.2 Å². The lowest BCUT2D eigenvalue weighted by Gasteiger charge is -2.18. The maximum atomic E-state index is 12.3. The Morgan fingerprint density at radius 1 is 1.29 bits per heavy atom. The third-order valence-corrected chi connectivity index (χ3v) is 3.34. The molecule has 2 aromatic heterocycles. The second-order valence-corrected chi connectivity index (χ2v) is 4.89. The molecule has 0 atom stereocenters. The molecule has 3 aromatic rings. The molecule has 24 heavy (non-hydrogen) atoms. The first-order chi connectivity index (χ1) is 11.6. The minimum atomic E-state index is -1.46. The monoisotopic (exact) mass is 330 g/mol. The zero-order valence-electron chi connectivity index (χ0n) is 12.1. The van der Waals surface area contributed by atoms with Crippen LogP contribution in [0.3, 0.4) is 0 Å². The molecule has 0 amide bonds. The molecule has 10 heteroatoms. The maximum Gasteiger partial charge on any atom is 0.511 e. The molecule has 1 aliphatic rings. The van der Waals surface area contributed by atoms with Gasteiger partial charge in [-0.05, 0) is 6.07 Å². The van der Waals surface area contributed by atoms with Crippen LogP contribution in [0.25, 0.3) is 16.9 Å². The van der Waals surface area contributed by atoms with Gasteiger partial charge in [0.25, 0.3) is 5.56 Å². The lowest BCUT2D eigenvalue weighted by molar-refractivity contribution is 0.144. The standard InChI is InChI=1S/C14H10N4O6/c19-12-8-3-10-11(23-2-1-22-10)4-9(8)16-13(17-12)18-6-7(5-15-18)24-14(20)21/h3-6H,1-2H2,(H,20,21)(H,16,17,19). The molecule has 0 fully saturated rings. The van der Waals surface area contributed by atoms with Gasteiger partial charge in [0.05, 0.1) is 23.3 Å². The van der Waals surface area contributed by atoms with Crippen molar-refractivity contribution in [2.75, 3.05) is 13.2 Å². The van der Waals surface area contributed by atoms with Crippen molar-refractivity contribution in [2.45, 2.75) is 0 Å². The molecule has 0 radical (unpaired) electrons. The molecule has 10 nitrogen and oxygen atoms in total. The van der Waals surface area contributed by atoms with E-state index in [4.69, 9.17) is 14.6 Å². The van der Waals surface area contributed by atoms with Gasteiger partial charge in [-0.2, -0.15) is 5.10 Å². The predicted octanol–water partition coefficient (Wildman–Crippen LogP) is 0.937. The van der Waals surface area contributed by atoms with Crippen LogP contribution in [-0.2, 0) is 0 Å². The molecule has 3 heterocycles. The molecule has 0 saturated carbocycles. The van der Waals surface area contributed by atoms with Gasteiger partial charge in [-0.15, -0.1) is 0 Å². The van der Waals surface area contributed by atoms with Crippen molar-refractivity contribution in [2.24, 2.45) is 0 Å². The number of hydrogen-bond donors (Lipinski definition) is 2. The Morgan fingerprint density at radius 3 is 2.79 bits per heavy atom. The van der Waals surface area contributed by atoms with E-state index < -0.39 is 6.16 Å². The Morgan fingerprint density at radius 2 is 2.04 bits per heavy atom. The fraction of sp³-hybridized carbons (Fsp3) is 0.143. The number of nitrogens with zero attached hydrogens (tertiary/aromatic N) is 3. The third kappa shape index (κ3) is 2.39. The van der Waals surface area contributed by atoms with E-state index in [1.807, 2.05) is 0 Å². The summed E-state index contributed by atoms with van der Waals surface area (Å²) >= 11 is 0. The number of carboxylic acid groups (broad SMARTS) is 1. The first-order valence-electron chi connectivity index (χ1n) is 6.89. The number of benzene rings is 1. The zero-order valence-corrected chi connectivity index (χ0v) is 12.1. The van der Waals surface area contributed by atoms with Crippen LogP contribution in [-0.4, -0.2) is 44.2 Å². The summed E-state index contributed by atoms with van der Waals surface area (Å²) in [5.41, 5.74) is 0.0115. The van der Waals surface area contributed by atoms with Gasteiger partial charge in [-0.25, -0.2) is 14.5 Å². The summed E-state index contributed by atoms with van der Waals surface area (Å²) in [5.74, 6) is 1.12. The van der Waals surface area contributed by atoms with Crippen LogP contribution in [0.2, 0.25) is 0 Å². The lowest BCUT2D eigenvalue weighted by atomic mass is 10.2. The van der Waals surface area contributed by atoms with E-state index >= 15 is 0 Å². The third-order valence-electron chi connectivity index (χ3n) is 3.34. The number of aromatic amines is 1. The van der Waals surface area contributed by atoms with Gasteiger partial charge in [0, 0.05) is 6.07 Å². The minimum Gasteiger partial charge on any atom is -0.486 e. The minimum absolute atomic E-state index is 0.00687. The van der Waals surface area contributed by atoms with Crippen molar-refractivity contribution in [3.05, 3.63) is 34.9 Å². The van der Waals surface area contributed by atoms with Crippen LogP contribution in [0.4, 0.5) is 4.79 Å². The molecular weight excluding hydrogens is 320 g/mol. The highest BCUT2D eigenvalue weighted by atomic mass is 16.7. The molecule has 4 rings (SSSR count). The number of aromatic nitrogens is 4. The van der Waals surface area contributed by atoms with Crippen molar-refractivity contribution >= 4 is 17.1 Å². The first-order valence-corrected chi connectivity index (χ1v) is 6.89. The number of fused-ring (bicyclic) bond motifs is 2. The molecular formula is C14H10N4O6. The van der Waals surface area contributed by atoms with E-state index in [1.54, 1.807) is 12.1 Å². The van der Waals surface area contributed by atoms with Gasteiger partial charge >= 0.3 is 6.16 Å². The van der Waals surface area contributed by atoms with E-state index in [0.29, 0.717) is 35.6 Å². The van der Waals surface area contributed by atoms with Crippen LogP contribution in [0.1, 0.15) is 0 Å². The second kappa shape index (κ2) is 5.26. The van der Waals surface area contributed by atoms with Crippen LogP contribution in [0.15, 0.2) is 29.3 Å². The fourth-order valence-electron chi connectivity index (χ4n) is 2.35. The Kier molecular flexibility index (Phi) is 3.08. The molecule has 2 N–H and O–H groups in total. The highest BCUT2D eigenvalue weighted by molar-refractivity contribution is 5.82. The quantitative estimate of drug-likeness (QED) is 0.664. The highest BCUT2D eigenvalue weighted by Crippen LogP contribution is 2.32. The normalized spacial score (nSPS) is 13.0. The smallest absolute Gasteiger partial charge is 0.486 e. The Bertz CT molecular complexity index is 1010. The summed E-state index contributed by atoms with van der Waals surface area (Å²) in [6.45, 7) is 0.838. The van der Waals surface area contributed by atoms with E-state index in [9.17, 15) is 9.59 Å². The average molecular weight is 330 g/mol. The van der Waals surface area contributed by atoms with Crippen molar-refractivity contribution in [3.63, 3.8) is 0 Å². The average Bonchev–Trinajstić information content (AvgIpc) is 3.01. The number of hydrogen-bond acceptors (Lipinski definition) is 7. The SMILES string of the molecule is O=C(O)Oc1cnn(-c2nc3cc4c(cc3c(=O)[nH]2)OCCO4)c1. The lowest BCUT2D eigenvalue weighted by Crippen LogP contribution is -2.17. The first kappa shape index (κ1) is 14.1. The molecule has 0 unspecified atom stereocenters. The molecule has 0 spiro atoms. The molecule has 1 aromatic carbocycles. The molecule has 0 bridgehead atoms. The van der Waals surface area contributed by atoms with E-state index in [0.717, 1.165) is 0 Å².